The molecule has 1 fully saturated rings. The highest BCUT2D eigenvalue weighted by Gasteiger charge is 2.65. The summed E-state index contributed by atoms with van der Waals surface area (Å²) in [4.78, 5) is 84.6. The number of rotatable bonds is 9. The molecule has 228 valence electrons. The van der Waals surface area contributed by atoms with Crippen molar-refractivity contribution in [2.24, 2.45) is 5.16 Å². The number of nitrogens with zero attached hydrogens (tertiary/aromatic N) is 3. The van der Waals surface area contributed by atoms with E-state index in [-0.39, 0.29) is 39.5 Å². The van der Waals surface area contributed by atoms with Gasteiger partial charge in [-0.1, -0.05) is 22.8 Å². The molecule has 4 rings (SSSR count). The fourth-order valence-corrected chi connectivity index (χ4v) is 3.76. The van der Waals surface area contributed by atoms with Crippen molar-refractivity contribution in [2.75, 3.05) is 6.61 Å². The van der Waals surface area contributed by atoms with Gasteiger partial charge in [-0.2, -0.15) is 4.90 Å². The normalized spacial score (nSPS) is 18.0. The van der Waals surface area contributed by atoms with Crippen molar-refractivity contribution in [3.63, 3.8) is 0 Å². The number of benzene rings is 1. The van der Waals surface area contributed by atoms with E-state index < -0.39 is 53.2 Å². The Morgan fingerprint density at radius 1 is 1.16 bits per heavy atom. The van der Waals surface area contributed by atoms with Crippen LogP contribution in [0.4, 0.5) is 9.18 Å². The summed E-state index contributed by atoms with van der Waals surface area (Å²) in [5.41, 5.74) is -4.47. The molecular weight excluding hydrogens is 611 g/mol. The third-order valence-electron chi connectivity index (χ3n) is 5.59. The van der Waals surface area contributed by atoms with E-state index in [0.717, 1.165) is 37.5 Å². The fourth-order valence-electron chi connectivity index (χ4n) is 3.62. The standard InChI is InChI=1S/C27H20ClFN4O11/c1-3-40-25(38)27(29)23(44-31-12-17-8-5-9-41-17)32-26(39)33(24(27)37)21(35)15-6-4-7-16(10-15)22(36)43-20-11-19(42-14(2)34)18(28)13-30-20/h4-13,23H,3H2,1-2H3,(H,32,39)/b31-12+. The van der Waals surface area contributed by atoms with Crippen LogP contribution in [-0.4, -0.2) is 70.4 Å². The molecule has 0 spiro atoms. The van der Waals surface area contributed by atoms with Crippen LogP contribution in [0.3, 0.4) is 0 Å². The Balaban J connectivity index is 1.57. The van der Waals surface area contributed by atoms with Gasteiger partial charge in [0, 0.05) is 18.6 Å². The zero-order valence-electron chi connectivity index (χ0n) is 22.6. The summed E-state index contributed by atoms with van der Waals surface area (Å²) in [6, 6.07) is 7.06. The minimum absolute atomic E-state index is 0.0409. The van der Waals surface area contributed by atoms with Gasteiger partial charge < -0.3 is 23.5 Å². The number of hydrogen-bond acceptors (Lipinski definition) is 13. The number of pyridine rings is 1. The zero-order chi connectivity index (χ0) is 32.0. The molecule has 44 heavy (non-hydrogen) atoms. The molecule has 1 aliphatic heterocycles. The van der Waals surface area contributed by atoms with Crippen molar-refractivity contribution in [1.29, 1.82) is 0 Å². The van der Waals surface area contributed by atoms with Crippen LogP contribution < -0.4 is 14.8 Å². The monoisotopic (exact) mass is 630 g/mol. The maximum atomic E-state index is 16.2. The Labute approximate surface area is 251 Å². The minimum atomic E-state index is -3.75. The van der Waals surface area contributed by atoms with Gasteiger partial charge in [0.1, 0.15) is 17.0 Å². The third kappa shape index (κ3) is 6.54. The van der Waals surface area contributed by atoms with Crippen LogP contribution in [0.5, 0.6) is 11.6 Å². The predicted octanol–water partition coefficient (Wildman–Crippen LogP) is 2.81. The molecule has 1 aromatic carbocycles. The van der Waals surface area contributed by atoms with Crippen molar-refractivity contribution < 1.29 is 56.6 Å². The van der Waals surface area contributed by atoms with E-state index in [0.29, 0.717) is 0 Å². The molecule has 0 bridgehead atoms. The van der Waals surface area contributed by atoms with E-state index in [1.54, 1.807) is 0 Å². The Kier molecular flexibility index (Phi) is 9.33. The summed E-state index contributed by atoms with van der Waals surface area (Å²) in [5.74, 6) is -7.17. The minimum Gasteiger partial charge on any atom is -0.463 e. The van der Waals surface area contributed by atoms with Crippen LogP contribution in [-0.2, 0) is 24.0 Å². The average molecular weight is 631 g/mol. The first kappa shape index (κ1) is 31.3. The number of carbonyl (C=O) groups is 6. The van der Waals surface area contributed by atoms with Crippen molar-refractivity contribution in [3.05, 3.63) is 76.8 Å². The summed E-state index contributed by atoms with van der Waals surface area (Å²) in [6.07, 6.45) is 1.01. The number of carbonyl (C=O) groups excluding carboxylic acids is 6. The van der Waals surface area contributed by atoms with E-state index in [4.69, 9.17) is 30.3 Å². The second-order valence-electron chi connectivity index (χ2n) is 8.58. The number of amides is 4. The van der Waals surface area contributed by atoms with E-state index in [9.17, 15) is 28.8 Å². The lowest BCUT2D eigenvalue weighted by Gasteiger charge is -2.37. The molecule has 1 N–H and O–H groups in total. The second-order valence-corrected chi connectivity index (χ2v) is 8.99. The van der Waals surface area contributed by atoms with Crippen LogP contribution in [0.2, 0.25) is 5.02 Å². The molecule has 0 saturated carbocycles. The Hall–Kier alpha value is -5.64. The first-order valence-electron chi connectivity index (χ1n) is 12.4. The fraction of sp³-hybridized carbons (Fsp3) is 0.185. The van der Waals surface area contributed by atoms with Gasteiger partial charge in [-0.25, -0.2) is 23.8 Å². The zero-order valence-corrected chi connectivity index (χ0v) is 23.4. The Morgan fingerprint density at radius 2 is 1.91 bits per heavy atom. The molecule has 1 aliphatic rings. The third-order valence-corrected chi connectivity index (χ3v) is 5.87. The highest BCUT2D eigenvalue weighted by molar-refractivity contribution is 6.32. The van der Waals surface area contributed by atoms with E-state index >= 15 is 4.39 Å². The van der Waals surface area contributed by atoms with Gasteiger partial charge in [-0.15, -0.1) is 0 Å². The SMILES string of the molecule is CCOC(=O)C1(F)C(=O)N(C(=O)c2cccc(C(=O)Oc3cc(OC(C)=O)c(Cl)cn3)c2)C(=O)NC1O/N=C/c1ccco1. The molecule has 2 aromatic heterocycles. The van der Waals surface area contributed by atoms with Crippen molar-refractivity contribution in [1.82, 2.24) is 15.2 Å². The molecule has 0 aliphatic carbocycles. The number of alkyl halides is 1. The van der Waals surface area contributed by atoms with Crippen LogP contribution in [0.15, 0.2) is 64.5 Å². The first-order valence-corrected chi connectivity index (χ1v) is 12.8. The summed E-state index contributed by atoms with van der Waals surface area (Å²) in [6.45, 7) is 2.10. The number of urea groups is 1. The summed E-state index contributed by atoms with van der Waals surface area (Å²) >= 11 is 5.90. The average Bonchev–Trinajstić information content (AvgIpc) is 3.51. The number of hydrogen-bond donors (Lipinski definition) is 1. The molecule has 0 radical (unpaired) electrons. The smallest absolute Gasteiger partial charge is 0.360 e. The molecule has 1 saturated heterocycles. The van der Waals surface area contributed by atoms with Crippen LogP contribution >= 0.6 is 11.6 Å². The highest BCUT2D eigenvalue weighted by atomic mass is 35.5. The van der Waals surface area contributed by atoms with Gasteiger partial charge in [-0.3, -0.25) is 19.7 Å². The number of oxime groups is 1. The summed E-state index contributed by atoms with van der Waals surface area (Å²) in [5, 5.41) is 5.30. The number of ether oxygens (including phenoxy) is 3. The predicted molar refractivity (Wildman–Crippen MR) is 143 cm³/mol. The number of aromatic nitrogens is 1. The molecule has 15 nitrogen and oxygen atoms in total. The van der Waals surface area contributed by atoms with Gasteiger partial charge in [0.25, 0.3) is 18.0 Å². The van der Waals surface area contributed by atoms with Gasteiger partial charge in [0.05, 0.1) is 24.6 Å². The van der Waals surface area contributed by atoms with Crippen molar-refractivity contribution in [3.8, 4) is 11.6 Å². The summed E-state index contributed by atoms with van der Waals surface area (Å²) < 4.78 is 35.9. The van der Waals surface area contributed by atoms with Gasteiger partial charge in [0.15, 0.2) is 5.75 Å². The number of halogens is 2. The highest BCUT2D eigenvalue weighted by Crippen LogP contribution is 2.30. The lowest BCUT2D eigenvalue weighted by atomic mass is 9.99. The lowest BCUT2D eigenvalue weighted by molar-refractivity contribution is -0.183. The molecule has 3 aromatic rings. The van der Waals surface area contributed by atoms with Crippen LogP contribution in [0.25, 0.3) is 0 Å². The largest absolute Gasteiger partial charge is 0.463 e. The van der Waals surface area contributed by atoms with Crippen molar-refractivity contribution >= 4 is 53.6 Å². The maximum absolute atomic E-state index is 16.2. The Bertz CT molecular complexity index is 1660. The van der Waals surface area contributed by atoms with E-state index in [1.165, 1.54) is 37.5 Å². The Morgan fingerprint density at radius 3 is 2.59 bits per heavy atom. The number of furan rings is 1. The second kappa shape index (κ2) is 13.1. The number of nitrogens with one attached hydrogen (secondary N) is 1. The van der Waals surface area contributed by atoms with Crippen LogP contribution in [0.1, 0.15) is 40.3 Å². The number of esters is 3. The van der Waals surface area contributed by atoms with Gasteiger partial charge in [-0.05, 0) is 37.3 Å². The van der Waals surface area contributed by atoms with Crippen LogP contribution in [0, 0.1) is 0 Å². The van der Waals surface area contributed by atoms with Crippen molar-refractivity contribution in [2.45, 2.75) is 25.7 Å². The summed E-state index contributed by atoms with van der Waals surface area (Å²) in [7, 11) is 0. The molecular formula is C27H20ClFN4O11. The molecule has 3 heterocycles. The van der Waals surface area contributed by atoms with Gasteiger partial charge in [0.2, 0.25) is 5.88 Å². The maximum Gasteiger partial charge on any atom is 0.360 e. The lowest BCUT2D eigenvalue weighted by Crippen LogP contribution is -2.72. The van der Waals surface area contributed by atoms with Gasteiger partial charge >= 0.3 is 29.6 Å². The molecule has 2 unspecified atom stereocenters. The van der Waals surface area contributed by atoms with E-state index in [2.05, 4.69) is 14.9 Å². The topological polar surface area (TPSA) is 193 Å². The molecule has 4 amide bonds. The van der Waals surface area contributed by atoms with E-state index in [1.807, 2.05) is 5.32 Å². The molecule has 2 atom stereocenters. The quantitative estimate of drug-likeness (QED) is 0.120. The number of imide groups is 3. The first-order chi connectivity index (χ1) is 20.9. The molecule has 17 heteroatoms.